The van der Waals surface area contributed by atoms with Crippen molar-refractivity contribution in [3.05, 3.63) is 0 Å². The van der Waals surface area contributed by atoms with Crippen molar-refractivity contribution in [2.75, 3.05) is 36.5 Å². The van der Waals surface area contributed by atoms with Crippen molar-refractivity contribution in [1.29, 1.82) is 0 Å². The number of aliphatic hydroxyl groups is 1. The Bertz CT molecular complexity index is 457. The molecule has 1 aromatic rings. The largest absolute Gasteiger partial charge is 0.464 e. The molecule has 7 nitrogen and oxygen atoms in total. The average Bonchev–Trinajstić information content (AvgIpc) is 2.48. The number of nitrogens with zero attached hydrogens (tertiary/aromatic N) is 4. The molecular weight excluding hydrogens is 270 g/mol. The second-order valence-electron chi connectivity index (χ2n) is 5.38. The standard InChI is InChI=1S/C14H25N5O2/c1-4-7-15-12-16-13(18-14(17-12)21-5-2)19-8-6-11(20)10(3)9-19/h10-11,20H,4-9H2,1-3H3,(H,15,16,17,18). The van der Waals surface area contributed by atoms with Gasteiger partial charge in [-0.2, -0.15) is 15.0 Å². The van der Waals surface area contributed by atoms with E-state index in [1.165, 1.54) is 0 Å². The lowest BCUT2D eigenvalue weighted by Crippen LogP contribution is -2.42. The van der Waals surface area contributed by atoms with Gasteiger partial charge in [0.05, 0.1) is 12.7 Å². The highest BCUT2D eigenvalue weighted by Crippen LogP contribution is 2.22. The topological polar surface area (TPSA) is 83.4 Å². The Labute approximate surface area is 125 Å². The van der Waals surface area contributed by atoms with Crippen molar-refractivity contribution >= 4 is 11.9 Å². The van der Waals surface area contributed by atoms with E-state index in [1.807, 2.05) is 13.8 Å². The molecule has 0 amide bonds. The third kappa shape index (κ3) is 4.17. The molecule has 21 heavy (non-hydrogen) atoms. The van der Waals surface area contributed by atoms with Crippen LogP contribution in [0, 0.1) is 5.92 Å². The highest BCUT2D eigenvalue weighted by atomic mass is 16.5. The number of hydrogen-bond acceptors (Lipinski definition) is 7. The molecule has 2 unspecified atom stereocenters. The first kappa shape index (κ1) is 15.8. The molecule has 2 N–H and O–H groups in total. The van der Waals surface area contributed by atoms with E-state index < -0.39 is 0 Å². The SMILES string of the molecule is CCCNc1nc(OCC)nc(N2CCC(O)C(C)C2)n1. The summed E-state index contributed by atoms with van der Waals surface area (Å²) >= 11 is 0. The van der Waals surface area contributed by atoms with Gasteiger partial charge in [-0.3, -0.25) is 0 Å². The summed E-state index contributed by atoms with van der Waals surface area (Å²) in [6.45, 7) is 8.85. The van der Waals surface area contributed by atoms with E-state index in [-0.39, 0.29) is 12.0 Å². The van der Waals surface area contributed by atoms with Crippen molar-refractivity contribution in [1.82, 2.24) is 15.0 Å². The van der Waals surface area contributed by atoms with Crippen LogP contribution in [0.5, 0.6) is 6.01 Å². The Morgan fingerprint density at radius 1 is 1.33 bits per heavy atom. The minimum Gasteiger partial charge on any atom is -0.464 e. The first-order valence-electron chi connectivity index (χ1n) is 7.69. The summed E-state index contributed by atoms with van der Waals surface area (Å²) in [5.74, 6) is 1.37. The molecule has 2 atom stereocenters. The Hall–Kier alpha value is -1.63. The molecular formula is C14H25N5O2. The molecule has 118 valence electrons. The second kappa shape index (κ2) is 7.40. The minimum absolute atomic E-state index is 0.207. The zero-order chi connectivity index (χ0) is 15.2. The number of hydrogen-bond donors (Lipinski definition) is 2. The fourth-order valence-electron chi connectivity index (χ4n) is 2.31. The Kier molecular flexibility index (Phi) is 5.55. The fraction of sp³-hybridized carbons (Fsp3) is 0.786. The molecule has 0 spiro atoms. The first-order chi connectivity index (χ1) is 10.1. The summed E-state index contributed by atoms with van der Waals surface area (Å²) in [7, 11) is 0. The summed E-state index contributed by atoms with van der Waals surface area (Å²) in [4.78, 5) is 15.2. The maximum absolute atomic E-state index is 9.84. The van der Waals surface area contributed by atoms with Gasteiger partial charge >= 0.3 is 6.01 Å². The first-order valence-corrected chi connectivity index (χ1v) is 7.69. The lowest BCUT2D eigenvalue weighted by atomic mass is 9.97. The van der Waals surface area contributed by atoms with E-state index >= 15 is 0 Å². The van der Waals surface area contributed by atoms with E-state index in [0.717, 1.165) is 32.5 Å². The summed E-state index contributed by atoms with van der Waals surface area (Å²) in [5, 5.41) is 13.0. The highest BCUT2D eigenvalue weighted by Gasteiger charge is 2.26. The molecule has 1 aliphatic rings. The van der Waals surface area contributed by atoms with Gasteiger partial charge in [0, 0.05) is 19.6 Å². The second-order valence-corrected chi connectivity index (χ2v) is 5.38. The quantitative estimate of drug-likeness (QED) is 0.818. The molecule has 0 aromatic carbocycles. The molecule has 0 radical (unpaired) electrons. The number of aliphatic hydroxyl groups excluding tert-OH is 1. The van der Waals surface area contributed by atoms with Gasteiger partial charge in [0.25, 0.3) is 0 Å². The van der Waals surface area contributed by atoms with Crippen LogP contribution in [0.25, 0.3) is 0 Å². The van der Waals surface area contributed by atoms with Crippen molar-refractivity contribution in [2.45, 2.75) is 39.7 Å². The predicted molar refractivity (Wildman–Crippen MR) is 81.8 cm³/mol. The number of piperidine rings is 1. The third-order valence-electron chi connectivity index (χ3n) is 3.55. The van der Waals surface area contributed by atoms with Gasteiger partial charge in [-0.25, -0.2) is 0 Å². The number of rotatable bonds is 6. The molecule has 0 saturated carbocycles. The number of anilines is 2. The Morgan fingerprint density at radius 2 is 2.14 bits per heavy atom. The molecule has 1 saturated heterocycles. The fourth-order valence-corrected chi connectivity index (χ4v) is 2.31. The maximum Gasteiger partial charge on any atom is 0.323 e. The number of aromatic nitrogens is 3. The molecule has 0 bridgehead atoms. The zero-order valence-electron chi connectivity index (χ0n) is 13.0. The molecule has 2 rings (SSSR count). The molecule has 2 heterocycles. The molecule has 1 fully saturated rings. The van der Waals surface area contributed by atoms with Crippen LogP contribution in [-0.2, 0) is 0 Å². The van der Waals surface area contributed by atoms with Crippen LogP contribution in [0.15, 0.2) is 0 Å². The normalized spacial score (nSPS) is 22.2. The van der Waals surface area contributed by atoms with Gasteiger partial charge in [0.2, 0.25) is 11.9 Å². The summed E-state index contributed by atoms with van der Waals surface area (Å²) in [6, 6.07) is 0.347. The molecule has 0 aliphatic carbocycles. The van der Waals surface area contributed by atoms with Crippen LogP contribution in [0.3, 0.4) is 0 Å². The van der Waals surface area contributed by atoms with Gasteiger partial charge in [-0.15, -0.1) is 0 Å². The van der Waals surface area contributed by atoms with E-state index in [9.17, 15) is 5.11 Å². The van der Waals surface area contributed by atoms with Gasteiger partial charge in [-0.05, 0) is 25.7 Å². The van der Waals surface area contributed by atoms with Crippen molar-refractivity contribution in [3.63, 3.8) is 0 Å². The summed E-state index contributed by atoms with van der Waals surface area (Å²) in [6.07, 6.45) is 1.49. The van der Waals surface area contributed by atoms with Gasteiger partial charge < -0.3 is 20.1 Å². The minimum atomic E-state index is -0.243. The summed E-state index contributed by atoms with van der Waals surface area (Å²) < 4.78 is 5.43. The lowest BCUT2D eigenvalue weighted by molar-refractivity contribution is 0.0966. The van der Waals surface area contributed by atoms with Crippen molar-refractivity contribution < 1.29 is 9.84 Å². The smallest absolute Gasteiger partial charge is 0.323 e. The molecule has 1 aliphatic heterocycles. The van der Waals surface area contributed by atoms with Crippen LogP contribution in [0.2, 0.25) is 0 Å². The van der Waals surface area contributed by atoms with Crippen LogP contribution in [0.1, 0.15) is 33.6 Å². The van der Waals surface area contributed by atoms with Crippen molar-refractivity contribution in [2.24, 2.45) is 5.92 Å². The van der Waals surface area contributed by atoms with Crippen LogP contribution in [0.4, 0.5) is 11.9 Å². The van der Waals surface area contributed by atoms with Gasteiger partial charge in [0.1, 0.15) is 0 Å². The Morgan fingerprint density at radius 3 is 2.81 bits per heavy atom. The van der Waals surface area contributed by atoms with E-state index in [0.29, 0.717) is 24.5 Å². The Balaban J connectivity index is 2.18. The average molecular weight is 295 g/mol. The third-order valence-corrected chi connectivity index (χ3v) is 3.55. The van der Waals surface area contributed by atoms with E-state index in [1.54, 1.807) is 0 Å². The van der Waals surface area contributed by atoms with Gasteiger partial charge in [0.15, 0.2) is 0 Å². The van der Waals surface area contributed by atoms with Crippen molar-refractivity contribution in [3.8, 4) is 6.01 Å². The molecule has 1 aromatic heterocycles. The number of ether oxygens (including phenoxy) is 1. The lowest BCUT2D eigenvalue weighted by Gasteiger charge is -2.34. The molecule has 7 heteroatoms. The van der Waals surface area contributed by atoms with E-state index in [2.05, 4.69) is 32.1 Å². The number of nitrogens with one attached hydrogen (secondary N) is 1. The van der Waals surface area contributed by atoms with Gasteiger partial charge in [-0.1, -0.05) is 13.8 Å². The van der Waals surface area contributed by atoms with E-state index in [4.69, 9.17) is 4.74 Å². The maximum atomic E-state index is 9.84. The summed E-state index contributed by atoms with van der Waals surface area (Å²) in [5.41, 5.74) is 0. The van der Waals surface area contributed by atoms with Crippen LogP contribution in [-0.4, -0.2) is 52.4 Å². The van der Waals surface area contributed by atoms with Crippen LogP contribution < -0.4 is 15.0 Å². The predicted octanol–water partition coefficient (Wildman–Crippen LogP) is 1.30. The monoisotopic (exact) mass is 295 g/mol. The zero-order valence-corrected chi connectivity index (χ0v) is 13.0. The highest BCUT2D eigenvalue weighted by molar-refractivity contribution is 5.39. The van der Waals surface area contributed by atoms with Crippen LogP contribution >= 0.6 is 0 Å².